The first kappa shape index (κ1) is 13.7. The highest BCUT2D eigenvalue weighted by Gasteiger charge is 2.20. The van der Waals surface area contributed by atoms with Crippen molar-refractivity contribution in [2.75, 3.05) is 13.7 Å². The van der Waals surface area contributed by atoms with Gasteiger partial charge in [-0.15, -0.1) is 0 Å². The number of methoxy groups -OCH3 is 1. The lowest BCUT2D eigenvalue weighted by Crippen LogP contribution is -2.17. The summed E-state index contributed by atoms with van der Waals surface area (Å²) in [6.45, 7) is 1.05. The van der Waals surface area contributed by atoms with Crippen LogP contribution < -0.4 is 20.5 Å². The summed E-state index contributed by atoms with van der Waals surface area (Å²) in [5.41, 5.74) is 6.13. The number of hydrogen-bond donors (Lipinski definition) is 2. The number of ether oxygens (including phenoxy) is 2. The summed E-state index contributed by atoms with van der Waals surface area (Å²) < 4.78 is 10.8. The van der Waals surface area contributed by atoms with Gasteiger partial charge in [-0.25, -0.2) is 0 Å². The van der Waals surface area contributed by atoms with Crippen LogP contribution in [0.1, 0.15) is 24.8 Å². The summed E-state index contributed by atoms with van der Waals surface area (Å²) in [6, 6.07) is 6.29. The number of amides is 1. The van der Waals surface area contributed by atoms with Gasteiger partial charge in [0.1, 0.15) is 11.5 Å². The third-order valence-electron chi connectivity index (χ3n) is 3.03. The predicted octanol–water partition coefficient (Wildman–Crippen LogP) is 1.20. The topological polar surface area (TPSA) is 73.6 Å². The van der Waals surface area contributed by atoms with Crippen molar-refractivity contribution < 1.29 is 14.3 Å². The Bertz CT molecular complexity index is 444. The fourth-order valence-electron chi connectivity index (χ4n) is 1.77. The maximum absolute atomic E-state index is 10.7. The zero-order valence-corrected chi connectivity index (χ0v) is 11.1. The van der Waals surface area contributed by atoms with Crippen molar-refractivity contribution in [2.24, 2.45) is 5.73 Å². The van der Waals surface area contributed by atoms with Gasteiger partial charge in [-0.2, -0.15) is 0 Å². The highest BCUT2D eigenvalue weighted by Crippen LogP contribution is 2.26. The second kappa shape index (κ2) is 6.43. The van der Waals surface area contributed by atoms with Crippen LogP contribution in [0.25, 0.3) is 0 Å². The summed E-state index contributed by atoms with van der Waals surface area (Å²) in [6.07, 6.45) is 2.70. The number of rotatable bonds is 8. The van der Waals surface area contributed by atoms with E-state index in [4.69, 9.17) is 15.2 Å². The van der Waals surface area contributed by atoms with Gasteiger partial charge in [0, 0.05) is 18.2 Å². The van der Waals surface area contributed by atoms with Gasteiger partial charge < -0.3 is 20.5 Å². The van der Waals surface area contributed by atoms with E-state index in [0.717, 1.165) is 23.6 Å². The average molecular weight is 264 g/mol. The first-order chi connectivity index (χ1) is 9.19. The molecule has 1 amide bonds. The number of carbonyl (C=O) groups is 1. The average Bonchev–Trinajstić information content (AvgIpc) is 3.21. The van der Waals surface area contributed by atoms with E-state index in [0.29, 0.717) is 12.6 Å². The van der Waals surface area contributed by atoms with Crippen LogP contribution in [0.3, 0.4) is 0 Å². The van der Waals surface area contributed by atoms with Gasteiger partial charge in [0.15, 0.2) is 0 Å². The zero-order valence-electron chi connectivity index (χ0n) is 11.1. The monoisotopic (exact) mass is 264 g/mol. The molecule has 1 fully saturated rings. The van der Waals surface area contributed by atoms with Gasteiger partial charge in [0.25, 0.3) is 0 Å². The van der Waals surface area contributed by atoms with E-state index in [1.54, 1.807) is 7.11 Å². The Morgan fingerprint density at radius 3 is 2.89 bits per heavy atom. The summed E-state index contributed by atoms with van der Waals surface area (Å²) in [5, 5.41) is 3.44. The first-order valence-corrected chi connectivity index (χ1v) is 6.50. The molecule has 3 N–H and O–H groups in total. The van der Waals surface area contributed by atoms with E-state index in [9.17, 15) is 4.79 Å². The Morgan fingerprint density at radius 2 is 2.26 bits per heavy atom. The predicted molar refractivity (Wildman–Crippen MR) is 72.2 cm³/mol. The van der Waals surface area contributed by atoms with Crippen molar-refractivity contribution in [3.05, 3.63) is 23.8 Å². The van der Waals surface area contributed by atoms with Crippen molar-refractivity contribution in [2.45, 2.75) is 31.8 Å². The standard InChI is InChI=1S/C14H20N2O3/c1-18-12-4-5-13(19-7-6-14(15)17)10(8-12)9-16-11-2-3-11/h4-5,8,11,16H,2-3,6-7,9H2,1H3,(H2,15,17). The highest BCUT2D eigenvalue weighted by atomic mass is 16.5. The smallest absolute Gasteiger partial charge is 0.220 e. The Kier molecular flexibility index (Phi) is 4.63. The number of nitrogens with two attached hydrogens (primary N) is 1. The molecule has 0 radical (unpaired) electrons. The van der Waals surface area contributed by atoms with Crippen LogP contribution in [-0.4, -0.2) is 25.7 Å². The van der Waals surface area contributed by atoms with Crippen LogP contribution in [0.4, 0.5) is 0 Å². The van der Waals surface area contributed by atoms with E-state index < -0.39 is 0 Å². The summed E-state index contributed by atoms with van der Waals surface area (Å²) in [4.78, 5) is 10.7. The van der Waals surface area contributed by atoms with Crippen molar-refractivity contribution in [1.29, 1.82) is 0 Å². The van der Waals surface area contributed by atoms with Crippen LogP contribution in [0.5, 0.6) is 11.5 Å². The number of carbonyl (C=O) groups excluding carboxylic acids is 1. The maximum atomic E-state index is 10.7. The van der Waals surface area contributed by atoms with Crippen LogP contribution in [-0.2, 0) is 11.3 Å². The van der Waals surface area contributed by atoms with Gasteiger partial charge in [-0.1, -0.05) is 0 Å². The van der Waals surface area contributed by atoms with Crippen molar-refractivity contribution in [3.63, 3.8) is 0 Å². The van der Waals surface area contributed by atoms with Gasteiger partial charge >= 0.3 is 0 Å². The molecule has 5 heteroatoms. The van der Waals surface area contributed by atoms with E-state index in [1.165, 1.54) is 12.8 Å². The summed E-state index contributed by atoms with van der Waals surface area (Å²) >= 11 is 0. The number of primary amides is 1. The third-order valence-corrected chi connectivity index (χ3v) is 3.03. The largest absolute Gasteiger partial charge is 0.497 e. The lowest BCUT2D eigenvalue weighted by Gasteiger charge is -2.13. The minimum atomic E-state index is -0.355. The first-order valence-electron chi connectivity index (χ1n) is 6.50. The Balaban J connectivity index is 1.98. The molecular weight excluding hydrogens is 244 g/mol. The molecule has 0 unspecified atom stereocenters. The molecule has 1 aromatic rings. The molecule has 0 atom stereocenters. The Hall–Kier alpha value is -1.75. The molecule has 19 heavy (non-hydrogen) atoms. The fourth-order valence-corrected chi connectivity index (χ4v) is 1.77. The fraction of sp³-hybridized carbons (Fsp3) is 0.500. The summed E-state index contributed by atoms with van der Waals surface area (Å²) in [5.74, 6) is 1.22. The molecule has 1 aliphatic carbocycles. The van der Waals surface area contributed by atoms with Gasteiger partial charge in [-0.05, 0) is 31.0 Å². The van der Waals surface area contributed by atoms with E-state index in [-0.39, 0.29) is 12.3 Å². The number of hydrogen-bond acceptors (Lipinski definition) is 4. The second-order valence-electron chi connectivity index (χ2n) is 4.69. The van der Waals surface area contributed by atoms with Crippen molar-refractivity contribution >= 4 is 5.91 Å². The molecule has 1 aromatic carbocycles. The molecule has 1 saturated carbocycles. The molecular formula is C14H20N2O3. The third kappa shape index (κ3) is 4.44. The Morgan fingerprint density at radius 1 is 1.47 bits per heavy atom. The van der Waals surface area contributed by atoms with Crippen LogP contribution in [0.15, 0.2) is 18.2 Å². The minimum absolute atomic E-state index is 0.224. The lowest BCUT2D eigenvalue weighted by atomic mass is 10.2. The van der Waals surface area contributed by atoms with Gasteiger partial charge in [-0.3, -0.25) is 4.79 Å². The maximum Gasteiger partial charge on any atom is 0.220 e. The SMILES string of the molecule is COc1ccc(OCCC(N)=O)c(CNC2CC2)c1. The molecule has 5 nitrogen and oxygen atoms in total. The summed E-state index contributed by atoms with van der Waals surface area (Å²) in [7, 11) is 1.64. The van der Waals surface area contributed by atoms with Crippen molar-refractivity contribution in [3.8, 4) is 11.5 Å². The molecule has 0 aromatic heterocycles. The van der Waals surface area contributed by atoms with Crippen molar-refractivity contribution in [1.82, 2.24) is 5.32 Å². The second-order valence-corrected chi connectivity index (χ2v) is 4.69. The van der Waals surface area contributed by atoms with E-state index >= 15 is 0 Å². The zero-order chi connectivity index (χ0) is 13.7. The molecule has 0 saturated heterocycles. The molecule has 0 bridgehead atoms. The quantitative estimate of drug-likeness (QED) is 0.740. The van der Waals surface area contributed by atoms with Crippen LogP contribution in [0.2, 0.25) is 0 Å². The van der Waals surface area contributed by atoms with E-state index in [1.807, 2.05) is 18.2 Å². The van der Waals surface area contributed by atoms with Gasteiger partial charge in [0.2, 0.25) is 5.91 Å². The molecule has 104 valence electrons. The van der Waals surface area contributed by atoms with E-state index in [2.05, 4.69) is 5.32 Å². The molecule has 2 rings (SSSR count). The lowest BCUT2D eigenvalue weighted by molar-refractivity contribution is -0.118. The molecule has 0 spiro atoms. The molecule has 1 aliphatic rings. The Labute approximate surface area is 113 Å². The molecule has 0 heterocycles. The number of nitrogens with one attached hydrogen (secondary N) is 1. The minimum Gasteiger partial charge on any atom is -0.497 e. The highest BCUT2D eigenvalue weighted by molar-refractivity contribution is 5.73. The molecule has 0 aliphatic heterocycles. The normalized spacial score (nSPS) is 14.2. The number of benzene rings is 1. The van der Waals surface area contributed by atoms with Gasteiger partial charge in [0.05, 0.1) is 20.1 Å². The van der Waals surface area contributed by atoms with Crippen LogP contribution in [0, 0.1) is 0 Å². The van der Waals surface area contributed by atoms with Crippen LogP contribution >= 0.6 is 0 Å².